The zero-order chi connectivity index (χ0) is 20.9. The Balaban J connectivity index is 1.79. The predicted octanol–water partition coefficient (Wildman–Crippen LogP) is 3.72. The Kier molecular flexibility index (Phi) is 6.98. The first kappa shape index (κ1) is 21.4. The first-order chi connectivity index (χ1) is 14.0. The van der Waals surface area contributed by atoms with Crippen molar-refractivity contribution in [2.75, 3.05) is 11.9 Å². The zero-order valence-corrected chi connectivity index (χ0v) is 17.0. The van der Waals surface area contributed by atoms with Crippen molar-refractivity contribution in [1.82, 2.24) is 9.88 Å². The van der Waals surface area contributed by atoms with E-state index in [4.69, 9.17) is 0 Å². The smallest absolute Gasteiger partial charge is 0.248 e. The van der Waals surface area contributed by atoms with Crippen LogP contribution in [0.15, 0.2) is 18.3 Å². The highest BCUT2D eigenvalue weighted by Gasteiger charge is 2.50. The van der Waals surface area contributed by atoms with Gasteiger partial charge in [-0.15, -0.1) is 0 Å². The Bertz CT molecular complexity index is 731. The van der Waals surface area contributed by atoms with Crippen molar-refractivity contribution in [2.45, 2.75) is 70.8 Å². The van der Waals surface area contributed by atoms with Crippen molar-refractivity contribution in [1.29, 1.82) is 0 Å². The topological polar surface area (TPSA) is 79.4 Å². The lowest BCUT2D eigenvalue weighted by molar-refractivity contribution is -0.141. The zero-order valence-electron chi connectivity index (χ0n) is 17.0. The molecule has 29 heavy (non-hydrogen) atoms. The summed E-state index contributed by atoms with van der Waals surface area (Å²) in [6.45, 7) is 2.63. The van der Waals surface area contributed by atoms with E-state index in [-0.39, 0.29) is 35.4 Å². The molecule has 1 saturated heterocycles. The monoisotopic (exact) mass is 403 g/mol. The Labute approximate surface area is 171 Å². The number of pyridine rings is 1. The summed E-state index contributed by atoms with van der Waals surface area (Å²) in [5.74, 6) is -0.962. The molecule has 1 N–H and O–H groups in total. The van der Waals surface area contributed by atoms with E-state index in [1.807, 2.05) is 0 Å². The van der Waals surface area contributed by atoms with Crippen LogP contribution in [0.3, 0.4) is 0 Å². The molecule has 1 spiro atoms. The highest BCUT2D eigenvalue weighted by atomic mass is 19.1. The van der Waals surface area contributed by atoms with E-state index in [0.717, 1.165) is 51.0 Å². The van der Waals surface area contributed by atoms with Gasteiger partial charge in [-0.3, -0.25) is 9.59 Å². The number of likely N-dealkylation sites (tertiary alicyclic amines) is 1. The predicted molar refractivity (Wildman–Crippen MR) is 108 cm³/mol. The fraction of sp³-hybridized carbons (Fsp3) is 0.636. The molecule has 2 aliphatic rings. The quantitative estimate of drug-likeness (QED) is 0.671. The number of aldehydes is 1. The summed E-state index contributed by atoms with van der Waals surface area (Å²) in [6, 6.07) is 2.07. The maximum Gasteiger partial charge on any atom is 0.248 e. The average Bonchev–Trinajstić information content (AvgIpc) is 3.33. The molecular formula is C22H30FN3O3. The lowest BCUT2D eigenvalue weighted by Crippen LogP contribution is -2.46. The lowest BCUT2D eigenvalue weighted by atomic mass is 9.84. The molecule has 1 aliphatic heterocycles. The maximum absolute atomic E-state index is 13.3. The van der Waals surface area contributed by atoms with Crippen molar-refractivity contribution in [2.24, 2.45) is 11.3 Å². The van der Waals surface area contributed by atoms with E-state index in [2.05, 4.69) is 17.2 Å². The van der Waals surface area contributed by atoms with Gasteiger partial charge in [-0.2, -0.15) is 0 Å². The second kappa shape index (κ2) is 9.46. The Hall–Kier alpha value is -2.31. The van der Waals surface area contributed by atoms with Gasteiger partial charge in [0.05, 0.1) is 6.20 Å². The number of unbranched alkanes of at least 4 members (excludes halogenated alkanes) is 1. The molecule has 158 valence electrons. The minimum atomic E-state index is -0.580. The van der Waals surface area contributed by atoms with Gasteiger partial charge in [0, 0.05) is 18.9 Å². The summed E-state index contributed by atoms with van der Waals surface area (Å²) in [4.78, 5) is 43.1. The average molecular weight is 403 g/mol. The Morgan fingerprint density at radius 2 is 2.14 bits per heavy atom. The molecule has 0 radical (unpaired) electrons. The fourth-order valence-corrected chi connectivity index (χ4v) is 4.81. The van der Waals surface area contributed by atoms with Crippen LogP contribution in [0.5, 0.6) is 0 Å². The summed E-state index contributed by atoms with van der Waals surface area (Å²) < 4.78 is 13.1. The number of halogens is 1. The van der Waals surface area contributed by atoms with Gasteiger partial charge in [-0.25, -0.2) is 9.37 Å². The van der Waals surface area contributed by atoms with Gasteiger partial charge in [0.15, 0.2) is 0 Å². The van der Waals surface area contributed by atoms with Crippen LogP contribution in [0.25, 0.3) is 0 Å². The Morgan fingerprint density at radius 1 is 1.38 bits per heavy atom. The number of carbonyl (C=O) groups is 3. The molecule has 1 saturated carbocycles. The normalized spacial score (nSPS) is 21.3. The van der Waals surface area contributed by atoms with Crippen molar-refractivity contribution in [3.63, 3.8) is 0 Å². The van der Waals surface area contributed by atoms with Crippen LogP contribution in [-0.4, -0.2) is 40.6 Å². The van der Waals surface area contributed by atoms with Crippen molar-refractivity contribution in [3.05, 3.63) is 24.1 Å². The van der Waals surface area contributed by atoms with Gasteiger partial charge in [0.1, 0.15) is 24.0 Å². The molecule has 1 aromatic rings. The van der Waals surface area contributed by atoms with Crippen LogP contribution in [0.2, 0.25) is 0 Å². The van der Waals surface area contributed by atoms with E-state index in [0.29, 0.717) is 19.4 Å². The molecule has 0 bridgehead atoms. The van der Waals surface area contributed by atoms with Crippen LogP contribution >= 0.6 is 0 Å². The van der Waals surface area contributed by atoms with E-state index < -0.39 is 11.9 Å². The van der Waals surface area contributed by atoms with Crippen LogP contribution in [0.4, 0.5) is 10.2 Å². The fourth-order valence-electron chi connectivity index (χ4n) is 4.81. The van der Waals surface area contributed by atoms with E-state index in [1.54, 1.807) is 4.90 Å². The number of nitrogens with zero attached hydrogens (tertiary/aromatic N) is 2. The molecule has 1 aliphatic carbocycles. The molecule has 6 nitrogen and oxygen atoms in total. The highest BCUT2D eigenvalue weighted by Crippen LogP contribution is 2.48. The summed E-state index contributed by atoms with van der Waals surface area (Å²) in [7, 11) is 0. The van der Waals surface area contributed by atoms with Crippen molar-refractivity contribution >= 4 is 23.9 Å². The number of aromatic nitrogens is 1. The minimum absolute atomic E-state index is 0.00955. The number of amides is 2. The Morgan fingerprint density at radius 3 is 2.76 bits per heavy atom. The van der Waals surface area contributed by atoms with Crippen molar-refractivity contribution < 1.29 is 18.8 Å². The van der Waals surface area contributed by atoms with E-state index >= 15 is 0 Å². The van der Waals surface area contributed by atoms with Gasteiger partial charge >= 0.3 is 0 Å². The molecule has 2 atom stereocenters. The number of nitrogens with one attached hydrogen (secondary N) is 1. The molecule has 7 heteroatoms. The lowest BCUT2D eigenvalue weighted by Gasteiger charge is -2.28. The summed E-state index contributed by atoms with van der Waals surface area (Å²) in [5.41, 5.74) is -0.00955. The standard InChI is InChI=1S/C22H30FN3O3/c1-2-3-6-16(9-12-27)21(29)26-15-22(10-4-5-11-22)13-18(26)20(28)25-19-8-7-17(23)14-24-19/h7-8,12,14,16,18H,2-6,9-11,13,15H2,1H3,(H,24,25,28)/t16-,18+/m1/s1. The molecule has 0 unspecified atom stereocenters. The third kappa shape index (κ3) is 5.00. The van der Waals surface area contributed by atoms with Gasteiger partial charge < -0.3 is 15.0 Å². The third-order valence-electron chi connectivity index (χ3n) is 6.37. The van der Waals surface area contributed by atoms with Crippen LogP contribution in [0, 0.1) is 17.2 Å². The molecule has 2 heterocycles. The van der Waals surface area contributed by atoms with E-state index in [9.17, 15) is 18.8 Å². The second-order valence-electron chi connectivity index (χ2n) is 8.49. The third-order valence-corrected chi connectivity index (χ3v) is 6.37. The molecule has 1 aromatic heterocycles. The molecule has 0 aromatic carbocycles. The molecule has 3 rings (SSSR count). The first-order valence-corrected chi connectivity index (χ1v) is 10.6. The van der Waals surface area contributed by atoms with Crippen LogP contribution in [-0.2, 0) is 14.4 Å². The molecule has 2 amide bonds. The number of carbonyl (C=O) groups excluding carboxylic acids is 3. The van der Waals surface area contributed by atoms with Crippen molar-refractivity contribution in [3.8, 4) is 0 Å². The number of hydrogen-bond donors (Lipinski definition) is 1. The van der Waals surface area contributed by atoms with E-state index in [1.165, 1.54) is 12.1 Å². The van der Waals surface area contributed by atoms with Gasteiger partial charge in [0.25, 0.3) is 0 Å². The number of rotatable bonds is 8. The highest BCUT2D eigenvalue weighted by molar-refractivity contribution is 5.97. The SMILES string of the molecule is CCCC[C@H](CC=O)C(=O)N1CC2(CCCC2)C[C@H]1C(=O)Nc1ccc(F)cn1. The molecule has 2 fully saturated rings. The summed E-state index contributed by atoms with van der Waals surface area (Å²) in [6.07, 6.45) is 9.42. The number of anilines is 1. The first-order valence-electron chi connectivity index (χ1n) is 10.6. The summed E-state index contributed by atoms with van der Waals surface area (Å²) in [5, 5.41) is 2.74. The van der Waals surface area contributed by atoms with Gasteiger partial charge in [-0.1, -0.05) is 32.6 Å². The largest absolute Gasteiger partial charge is 0.330 e. The van der Waals surface area contributed by atoms with Crippen LogP contribution in [0.1, 0.15) is 64.7 Å². The maximum atomic E-state index is 13.3. The van der Waals surface area contributed by atoms with Gasteiger partial charge in [-0.05, 0) is 43.2 Å². The van der Waals surface area contributed by atoms with Crippen LogP contribution < -0.4 is 5.32 Å². The second-order valence-corrected chi connectivity index (χ2v) is 8.49. The summed E-state index contributed by atoms with van der Waals surface area (Å²) >= 11 is 0. The number of hydrogen-bond acceptors (Lipinski definition) is 4. The van der Waals surface area contributed by atoms with Gasteiger partial charge in [0.2, 0.25) is 11.8 Å². The molecular weight excluding hydrogens is 373 g/mol. The minimum Gasteiger partial charge on any atom is -0.330 e.